The molecule has 1 unspecified atom stereocenters. The summed E-state index contributed by atoms with van der Waals surface area (Å²) in [6.45, 7) is 1.50. The fourth-order valence-corrected chi connectivity index (χ4v) is 4.91. The van der Waals surface area contributed by atoms with Crippen molar-refractivity contribution in [3.63, 3.8) is 0 Å². The molecular weight excluding hydrogens is 443 g/mol. The van der Waals surface area contributed by atoms with Crippen molar-refractivity contribution in [1.82, 2.24) is 20.6 Å². The largest absolute Gasteiger partial charge is 0.352 e. The number of hydrogen-bond acceptors (Lipinski definition) is 7. The van der Waals surface area contributed by atoms with Gasteiger partial charge in [-0.1, -0.05) is 6.07 Å². The number of aromatic nitrogens is 2. The predicted octanol–water partition coefficient (Wildman–Crippen LogP) is 1.85. The van der Waals surface area contributed by atoms with Crippen molar-refractivity contribution in [2.24, 2.45) is 0 Å². The lowest BCUT2D eigenvalue weighted by Crippen LogP contribution is -2.40. The Labute approximate surface area is 182 Å². The zero-order chi connectivity index (χ0) is 22.1. The van der Waals surface area contributed by atoms with Gasteiger partial charge in [-0.15, -0.1) is 11.3 Å². The molecule has 4 rings (SSSR count). The van der Waals surface area contributed by atoms with Crippen molar-refractivity contribution < 1.29 is 22.4 Å². The van der Waals surface area contributed by atoms with Crippen LogP contribution in [0.25, 0.3) is 21.3 Å². The Bertz CT molecular complexity index is 1230. The van der Waals surface area contributed by atoms with Crippen molar-refractivity contribution in [2.45, 2.75) is 31.1 Å². The fraction of sp³-hybridized carbons (Fsp3) is 0.300. The SMILES string of the molecule is Cc1ccc(-c2cc3sc(C(C(=O)NCC(=O)NC4CC4)[SH](=O)=O)nc3cc2F)cn1. The molecular formula is C20H19FN4O4S2. The standard InChI is InChI=1S/C20H19FN4O4S2/c1-10-2-3-11(8-22-10)13-6-16-15(7-14(13)21)25-20(30-16)18(31(28)29)19(27)23-9-17(26)24-12-4-5-12/h2-3,6-8,12,18,31H,4-5,9H2,1H3,(H,23,27)(H,24,26). The molecule has 1 fully saturated rings. The summed E-state index contributed by atoms with van der Waals surface area (Å²) in [7, 11) is -3.21. The molecule has 1 saturated carbocycles. The van der Waals surface area contributed by atoms with Crippen molar-refractivity contribution >= 4 is 44.1 Å². The lowest BCUT2D eigenvalue weighted by Gasteiger charge is -2.09. The van der Waals surface area contributed by atoms with Gasteiger partial charge in [0.15, 0.2) is 16.0 Å². The Morgan fingerprint density at radius 1 is 1.29 bits per heavy atom. The van der Waals surface area contributed by atoms with Crippen molar-refractivity contribution in [1.29, 1.82) is 0 Å². The summed E-state index contributed by atoms with van der Waals surface area (Å²) in [4.78, 5) is 32.6. The maximum absolute atomic E-state index is 14.6. The van der Waals surface area contributed by atoms with Gasteiger partial charge >= 0.3 is 0 Å². The van der Waals surface area contributed by atoms with Gasteiger partial charge in [0.2, 0.25) is 11.8 Å². The zero-order valence-electron chi connectivity index (χ0n) is 16.4. The van der Waals surface area contributed by atoms with Gasteiger partial charge < -0.3 is 10.6 Å². The number of fused-ring (bicyclic) bond motifs is 1. The first-order chi connectivity index (χ1) is 14.8. The van der Waals surface area contributed by atoms with Crippen molar-refractivity contribution in [2.75, 3.05) is 6.54 Å². The molecule has 0 bridgehead atoms. The maximum Gasteiger partial charge on any atom is 0.245 e. The number of carbonyl (C=O) groups excluding carboxylic acids is 2. The summed E-state index contributed by atoms with van der Waals surface area (Å²) >= 11 is 0.994. The third-order valence-corrected chi connectivity index (χ3v) is 6.93. The number of amides is 2. The van der Waals surface area contributed by atoms with Crippen LogP contribution >= 0.6 is 11.3 Å². The number of pyridine rings is 1. The number of hydrogen-bond donors (Lipinski definition) is 3. The van der Waals surface area contributed by atoms with Crippen molar-refractivity contribution in [3.8, 4) is 11.1 Å². The first-order valence-corrected chi connectivity index (χ1v) is 11.6. The number of aryl methyl sites for hydroxylation is 1. The molecule has 162 valence electrons. The van der Waals surface area contributed by atoms with E-state index in [9.17, 15) is 22.4 Å². The Morgan fingerprint density at radius 3 is 2.71 bits per heavy atom. The van der Waals surface area contributed by atoms with E-state index in [0.29, 0.717) is 15.8 Å². The molecule has 0 spiro atoms. The smallest absolute Gasteiger partial charge is 0.245 e. The second-order valence-electron chi connectivity index (χ2n) is 7.29. The van der Waals surface area contributed by atoms with Crippen molar-refractivity contribution in [3.05, 3.63) is 47.0 Å². The van der Waals surface area contributed by atoms with Crippen LogP contribution in [-0.2, 0) is 20.3 Å². The second-order valence-corrected chi connectivity index (χ2v) is 9.44. The molecule has 1 aliphatic rings. The third kappa shape index (κ3) is 4.88. The average Bonchev–Trinajstić information content (AvgIpc) is 3.44. The highest BCUT2D eigenvalue weighted by Crippen LogP contribution is 2.33. The van der Waals surface area contributed by atoms with E-state index in [4.69, 9.17) is 0 Å². The molecule has 1 atom stereocenters. The van der Waals surface area contributed by atoms with Crippen LogP contribution in [0, 0.1) is 12.7 Å². The highest BCUT2D eigenvalue weighted by molar-refractivity contribution is 7.73. The van der Waals surface area contributed by atoms with E-state index in [2.05, 4.69) is 20.6 Å². The molecule has 1 aromatic carbocycles. The molecule has 0 saturated heterocycles. The summed E-state index contributed by atoms with van der Waals surface area (Å²) < 4.78 is 38.8. The molecule has 11 heteroatoms. The van der Waals surface area contributed by atoms with E-state index in [0.717, 1.165) is 29.9 Å². The summed E-state index contributed by atoms with van der Waals surface area (Å²) in [5.74, 6) is -1.75. The topological polar surface area (TPSA) is 118 Å². The first-order valence-electron chi connectivity index (χ1n) is 9.55. The number of rotatable bonds is 7. The molecule has 2 N–H and O–H groups in total. The van der Waals surface area contributed by atoms with Gasteiger partial charge in [0.05, 0.1) is 16.8 Å². The fourth-order valence-electron chi connectivity index (χ4n) is 3.00. The molecule has 0 radical (unpaired) electrons. The van der Waals surface area contributed by atoms with Crippen LogP contribution < -0.4 is 10.6 Å². The number of halogens is 1. The number of benzene rings is 1. The Hall–Kier alpha value is -2.92. The Morgan fingerprint density at radius 2 is 2.06 bits per heavy atom. The zero-order valence-corrected chi connectivity index (χ0v) is 18.1. The molecule has 8 nitrogen and oxygen atoms in total. The van der Waals surface area contributed by atoms with Gasteiger partial charge in [-0.25, -0.2) is 17.8 Å². The van der Waals surface area contributed by atoms with Crippen LogP contribution in [0.15, 0.2) is 30.5 Å². The van der Waals surface area contributed by atoms with Gasteiger partial charge in [0, 0.05) is 35.1 Å². The second kappa shape index (κ2) is 8.67. The number of thiol groups is 1. The predicted molar refractivity (Wildman–Crippen MR) is 115 cm³/mol. The molecule has 2 heterocycles. The molecule has 0 aliphatic heterocycles. The Balaban J connectivity index is 1.59. The maximum atomic E-state index is 14.6. The normalized spacial score (nSPS) is 14.5. The van der Waals surface area contributed by atoms with Gasteiger partial charge in [0.25, 0.3) is 0 Å². The minimum atomic E-state index is -3.21. The molecule has 2 aromatic heterocycles. The van der Waals surface area contributed by atoms with E-state index in [1.807, 2.05) is 6.92 Å². The number of thiazole rings is 1. The van der Waals surface area contributed by atoms with Crippen LogP contribution in [0.1, 0.15) is 28.8 Å². The van der Waals surface area contributed by atoms with Crippen LogP contribution in [0.3, 0.4) is 0 Å². The van der Waals surface area contributed by atoms with Crippen LogP contribution in [0.2, 0.25) is 0 Å². The summed E-state index contributed by atoms with van der Waals surface area (Å²) in [6.07, 6.45) is 3.36. The summed E-state index contributed by atoms with van der Waals surface area (Å²) in [5.41, 5.74) is 1.93. The highest BCUT2D eigenvalue weighted by Gasteiger charge is 2.29. The number of nitrogens with zero attached hydrogens (tertiary/aromatic N) is 2. The third-order valence-electron chi connectivity index (χ3n) is 4.77. The van der Waals surface area contributed by atoms with Gasteiger partial charge in [-0.2, -0.15) is 0 Å². The number of carbonyl (C=O) groups is 2. The number of nitrogens with one attached hydrogen (secondary N) is 2. The van der Waals surface area contributed by atoms with E-state index in [-0.39, 0.29) is 29.0 Å². The highest BCUT2D eigenvalue weighted by atomic mass is 32.2. The van der Waals surface area contributed by atoms with E-state index in [1.54, 1.807) is 24.4 Å². The Kier molecular flexibility index (Phi) is 5.96. The van der Waals surface area contributed by atoms with E-state index < -0.39 is 27.7 Å². The molecule has 31 heavy (non-hydrogen) atoms. The van der Waals surface area contributed by atoms with Crippen LogP contribution in [0.4, 0.5) is 4.39 Å². The summed E-state index contributed by atoms with van der Waals surface area (Å²) in [5, 5.41) is 3.51. The van der Waals surface area contributed by atoms with Crippen LogP contribution in [0.5, 0.6) is 0 Å². The minimum Gasteiger partial charge on any atom is -0.352 e. The lowest BCUT2D eigenvalue weighted by molar-refractivity contribution is -0.126. The van der Waals surface area contributed by atoms with Gasteiger partial charge in [-0.3, -0.25) is 14.6 Å². The van der Waals surface area contributed by atoms with E-state index >= 15 is 0 Å². The first kappa shape index (κ1) is 21.3. The molecule has 2 amide bonds. The summed E-state index contributed by atoms with van der Waals surface area (Å²) in [6, 6.07) is 6.41. The quantitative estimate of drug-likeness (QED) is 0.461. The molecule has 1 aliphatic carbocycles. The molecule has 3 aromatic rings. The van der Waals surface area contributed by atoms with E-state index in [1.165, 1.54) is 6.07 Å². The van der Waals surface area contributed by atoms with Gasteiger partial charge in [0.1, 0.15) is 10.8 Å². The minimum absolute atomic E-state index is 0.0183. The monoisotopic (exact) mass is 462 g/mol. The van der Waals surface area contributed by atoms with Crippen LogP contribution in [-0.4, -0.2) is 42.8 Å². The average molecular weight is 463 g/mol. The van der Waals surface area contributed by atoms with Gasteiger partial charge in [-0.05, 0) is 31.9 Å². The lowest BCUT2D eigenvalue weighted by atomic mass is 10.1.